The van der Waals surface area contributed by atoms with Crippen molar-refractivity contribution in [1.82, 2.24) is 25.9 Å². The Hall–Kier alpha value is -3.86. The summed E-state index contributed by atoms with van der Waals surface area (Å²) in [4.78, 5) is 32.0. The van der Waals surface area contributed by atoms with E-state index in [9.17, 15) is 9.59 Å². The molecule has 5 rings (SSSR count). The molecular formula is C23H32ClN13O3. The van der Waals surface area contributed by atoms with E-state index >= 15 is 0 Å². The van der Waals surface area contributed by atoms with Crippen molar-refractivity contribution >= 4 is 29.3 Å². The first-order chi connectivity index (χ1) is 19.3. The Bertz CT molecular complexity index is 1270. The number of aryl methyl sites for hydroxylation is 1. The second kappa shape index (κ2) is 11.7. The van der Waals surface area contributed by atoms with Gasteiger partial charge in [0.05, 0.1) is 6.61 Å². The summed E-state index contributed by atoms with van der Waals surface area (Å²) in [5.41, 5.74) is 1.99. The lowest BCUT2D eigenvalue weighted by Gasteiger charge is -2.39. The number of hydrogen-bond acceptors (Lipinski definition) is 12. The summed E-state index contributed by atoms with van der Waals surface area (Å²) >= 11 is 6.13. The third kappa shape index (κ3) is 5.84. The van der Waals surface area contributed by atoms with Crippen molar-refractivity contribution in [3.8, 4) is 5.75 Å². The second-order valence-corrected chi connectivity index (χ2v) is 10.4. The lowest BCUT2D eigenvalue weighted by atomic mass is 9.88. The molecule has 2 fully saturated rings. The number of aliphatic imine (C=N–C) groups is 1. The number of ether oxygens (including phenoxy) is 1. The summed E-state index contributed by atoms with van der Waals surface area (Å²) in [5.74, 6) is 16.9. The minimum atomic E-state index is -1.11. The van der Waals surface area contributed by atoms with Gasteiger partial charge in [-0.25, -0.2) is 10.0 Å². The zero-order valence-electron chi connectivity index (χ0n) is 21.7. The lowest BCUT2D eigenvalue weighted by molar-refractivity contribution is -0.132. The zero-order chi connectivity index (χ0) is 28.3. The summed E-state index contributed by atoms with van der Waals surface area (Å²) in [5, 5.41) is 24.1. The minimum Gasteiger partial charge on any atom is -0.493 e. The van der Waals surface area contributed by atoms with Crippen LogP contribution in [0, 0.1) is 0 Å². The van der Waals surface area contributed by atoms with Gasteiger partial charge in [0.15, 0.2) is 17.0 Å². The summed E-state index contributed by atoms with van der Waals surface area (Å²) in [6.45, 7) is 2.39. The van der Waals surface area contributed by atoms with Crippen molar-refractivity contribution in [2.75, 3.05) is 26.2 Å². The number of nitrogens with zero attached hydrogens (tertiary/aromatic N) is 7. The van der Waals surface area contributed by atoms with E-state index in [2.05, 4.69) is 47.7 Å². The average Bonchev–Trinajstić information content (AvgIpc) is 3.53. The number of hydrogen-bond donors (Lipinski definition) is 6. The molecule has 4 heterocycles. The molecule has 2 amide bonds. The summed E-state index contributed by atoms with van der Waals surface area (Å²) in [6.07, 6.45) is 2.75. The van der Waals surface area contributed by atoms with Crippen LogP contribution in [0.3, 0.4) is 0 Å². The van der Waals surface area contributed by atoms with Crippen LogP contribution in [0.15, 0.2) is 54.8 Å². The van der Waals surface area contributed by atoms with Gasteiger partial charge in [0.1, 0.15) is 12.0 Å². The monoisotopic (exact) mass is 573 g/mol. The third-order valence-electron chi connectivity index (χ3n) is 7.51. The molecule has 214 valence electrons. The van der Waals surface area contributed by atoms with Crippen LogP contribution in [0.25, 0.3) is 0 Å². The Kier molecular flexibility index (Phi) is 8.11. The number of rotatable bonds is 6. The molecule has 4 aliphatic rings. The fourth-order valence-corrected chi connectivity index (χ4v) is 5.60. The molecule has 2 atom stereocenters. The van der Waals surface area contributed by atoms with E-state index in [1.165, 1.54) is 10.6 Å². The van der Waals surface area contributed by atoms with Gasteiger partial charge in [-0.2, -0.15) is 0 Å². The number of amides is 2. The van der Waals surface area contributed by atoms with Crippen LogP contribution in [0.5, 0.6) is 5.75 Å². The van der Waals surface area contributed by atoms with Gasteiger partial charge < -0.3 is 32.0 Å². The molecule has 9 N–H and O–H groups in total. The first-order valence-corrected chi connectivity index (χ1v) is 13.3. The van der Waals surface area contributed by atoms with Gasteiger partial charge in [-0.15, -0.1) is 10.2 Å². The molecule has 40 heavy (non-hydrogen) atoms. The Morgan fingerprint density at radius 2 is 2.00 bits per heavy atom. The first-order valence-electron chi connectivity index (χ1n) is 12.9. The molecule has 4 aliphatic heterocycles. The number of halogens is 1. The van der Waals surface area contributed by atoms with Crippen LogP contribution >= 0.6 is 11.6 Å². The van der Waals surface area contributed by atoms with Crippen molar-refractivity contribution < 1.29 is 14.3 Å². The van der Waals surface area contributed by atoms with Gasteiger partial charge in [0, 0.05) is 38.0 Å². The molecule has 0 aromatic heterocycles. The van der Waals surface area contributed by atoms with Gasteiger partial charge in [-0.1, -0.05) is 34.2 Å². The summed E-state index contributed by atoms with van der Waals surface area (Å²) < 4.78 is 5.56. The fourth-order valence-electron chi connectivity index (χ4n) is 5.41. The smallest absolute Gasteiger partial charge is 0.252 e. The van der Waals surface area contributed by atoms with Gasteiger partial charge in [-0.05, 0) is 36.5 Å². The number of carbonyl (C=O) groups is 2. The van der Waals surface area contributed by atoms with E-state index in [1.807, 2.05) is 17.0 Å². The van der Waals surface area contributed by atoms with E-state index in [-0.39, 0.29) is 28.3 Å². The van der Waals surface area contributed by atoms with E-state index in [0.29, 0.717) is 51.9 Å². The van der Waals surface area contributed by atoms with Crippen LogP contribution in [0.2, 0.25) is 0 Å². The maximum atomic E-state index is 13.1. The Morgan fingerprint density at radius 3 is 2.75 bits per heavy atom. The molecule has 0 bridgehead atoms. The van der Waals surface area contributed by atoms with Crippen LogP contribution in [0.1, 0.15) is 30.4 Å². The fraction of sp³-hybridized carbons (Fsp3) is 0.522. The molecular weight excluding hydrogens is 542 g/mol. The molecule has 17 heteroatoms. The van der Waals surface area contributed by atoms with Crippen molar-refractivity contribution in [3.05, 3.63) is 40.3 Å². The van der Waals surface area contributed by atoms with Crippen molar-refractivity contribution in [1.29, 1.82) is 0 Å². The maximum absolute atomic E-state index is 13.1. The van der Waals surface area contributed by atoms with Crippen molar-refractivity contribution in [2.24, 2.45) is 43.2 Å². The van der Waals surface area contributed by atoms with Gasteiger partial charge in [0.25, 0.3) is 5.91 Å². The maximum Gasteiger partial charge on any atom is 0.252 e. The van der Waals surface area contributed by atoms with E-state index in [4.69, 9.17) is 33.9 Å². The lowest BCUT2D eigenvalue weighted by Crippen LogP contribution is -2.60. The topological polar surface area (TPSA) is 226 Å². The van der Waals surface area contributed by atoms with Crippen molar-refractivity contribution in [3.63, 3.8) is 0 Å². The number of nitrogens with one attached hydrogen (secondary N) is 3. The van der Waals surface area contributed by atoms with Gasteiger partial charge >= 0.3 is 0 Å². The Morgan fingerprint density at radius 1 is 1.23 bits per heavy atom. The van der Waals surface area contributed by atoms with Crippen LogP contribution < -0.4 is 38.2 Å². The highest BCUT2D eigenvalue weighted by Gasteiger charge is 2.46. The minimum absolute atomic E-state index is 0.0481. The largest absolute Gasteiger partial charge is 0.493 e. The molecule has 1 aromatic carbocycles. The summed E-state index contributed by atoms with van der Waals surface area (Å²) in [7, 11) is 0. The van der Waals surface area contributed by atoms with Crippen LogP contribution in [-0.2, 0) is 22.4 Å². The quantitative estimate of drug-likeness (QED) is 0.111. The number of hydrazine groups is 1. The van der Waals surface area contributed by atoms with E-state index < -0.39 is 18.2 Å². The predicted octanol–water partition coefficient (Wildman–Crippen LogP) is -0.518. The summed E-state index contributed by atoms with van der Waals surface area (Å²) in [6, 6.07) is 5.04. The first kappa shape index (κ1) is 27.7. The molecule has 0 radical (unpaired) electrons. The van der Waals surface area contributed by atoms with E-state index in [1.54, 1.807) is 0 Å². The normalized spacial score (nSPS) is 24.4. The highest BCUT2D eigenvalue weighted by molar-refractivity contribution is 6.30. The highest BCUT2D eigenvalue weighted by atomic mass is 35.5. The van der Waals surface area contributed by atoms with Crippen molar-refractivity contribution in [2.45, 2.75) is 50.0 Å². The highest BCUT2D eigenvalue weighted by Crippen LogP contribution is 2.29. The number of nitrogens with two attached hydrogens (primary N) is 3. The average molecular weight is 574 g/mol. The molecule has 16 nitrogen and oxygen atoms in total. The molecule has 0 saturated carbocycles. The second-order valence-electron chi connectivity index (χ2n) is 10.0. The Balaban J connectivity index is 1.13. The zero-order valence-corrected chi connectivity index (χ0v) is 22.5. The molecule has 2 saturated heterocycles. The molecule has 1 aromatic rings. The molecule has 0 aliphatic carbocycles. The molecule has 1 spiro atoms. The number of carbonyl (C=O) groups excluding carboxylic acids is 2. The Labute approximate surface area is 235 Å². The van der Waals surface area contributed by atoms with Gasteiger partial charge in [0.2, 0.25) is 11.7 Å². The molecule has 2 unspecified atom stereocenters. The van der Waals surface area contributed by atoms with Crippen LogP contribution in [0.4, 0.5) is 0 Å². The number of benzene rings is 1. The van der Waals surface area contributed by atoms with E-state index in [0.717, 1.165) is 17.7 Å². The van der Waals surface area contributed by atoms with Crippen LogP contribution in [-0.4, -0.2) is 71.7 Å². The van der Waals surface area contributed by atoms with Gasteiger partial charge in [-0.3, -0.25) is 20.7 Å². The predicted molar refractivity (Wildman–Crippen MR) is 144 cm³/mol. The number of amidine groups is 1. The number of piperidine rings is 1. The SMILES string of the molecule is NN=NC1=NC(N=NN)=C(Cl)NC1C(=O)NC1NC2(CCN(C(=O)CCc3ccc4c(c3)CCO4)CC2)CN1N. The standard InChI is InChI=1S/C23H32ClN13O3/c24-18-20(33-35-26)29-19(32-34-25)17(28-18)21(39)30-22-31-23(12-37(22)27)6-8-36(9-7-23)16(38)4-2-13-1-3-15-14(11-13)5-10-40-15/h1,3,11,17,22,28,31H,2,4-10,12,27H2,(H2,26,33)(H,30,39)(H2,25,29,32). The number of likely N-dealkylation sites (tertiary alicyclic amines) is 1. The number of fused-ring (bicyclic) bond motifs is 1. The third-order valence-corrected chi connectivity index (χ3v) is 7.79.